The molecule has 0 aliphatic rings. The lowest BCUT2D eigenvalue weighted by Gasteiger charge is -2.05. The van der Waals surface area contributed by atoms with Crippen LogP contribution >= 0.6 is 11.8 Å². The van der Waals surface area contributed by atoms with E-state index in [2.05, 4.69) is 0 Å². The Labute approximate surface area is 109 Å². The zero-order valence-corrected chi connectivity index (χ0v) is 10.5. The van der Waals surface area contributed by atoms with E-state index in [1.807, 2.05) is 30.3 Å². The third-order valence-corrected chi connectivity index (χ3v) is 3.24. The first-order chi connectivity index (χ1) is 8.71. The largest absolute Gasteiger partial charge is 0.497 e. The van der Waals surface area contributed by atoms with Gasteiger partial charge in [0, 0.05) is 9.79 Å². The predicted octanol–water partition coefficient (Wildman–Crippen LogP) is 3.86. The molecule has 0 radical (unpaired) electrons. The Kier molecular flexibility index (Phi) is 3.85. The Morgan fingerprint density at radius 2 is 2.00 bits per heavy atom. The van der Waals surface area contributed by atoms with Crippen LogP contribution in [0.15, 0.2) is 52.3 Å². The summed E-state index contributed by atoms with van der Waals surface area (Å²) in [5, 5.41) is 8.79. The van der Waals surface area contributed by atoms with Gasteiger partial charge in [-0.05, 0) is 36.4 Å². The molecule has 2 nitrogen and oxygen atoms in total. The molecule has 0 fully saturated rings. The number of nitriles is 1. The van der Waals surface area contributed by atoms with Crippen molar-refractivity contribution < 1.29 is 9.13 Å². The average Bonchev–Trinajstić information content (AvgIpc) is 2.38. The zero-order chi connectivity index (χ0) is 13.0. The first kappa shape index (κ1) is 12.5. The van der Waals surface area contributed by atoms with Crippen molar-refractivity contribution in [3.8, 4) is 11.8 Å². The topological polar surface area (TPSA) is 33.0 Å². The summed E-state index contributed by atoms with van der Waals surface area (Å²) in [6, 6.07) is 13.7. The molecule has 0 saturated heterocycles. The summed E-state index contributed by atoms with van der Waals surface area (Å²) in [5.74, 6) is 0.344. The maximum atomic E-state index is 13.3. The lowest BCUT2D eigenvalue weighted by Crippen LogP contribution is -1.84. The Hall–Kier alpha value is -1.99. The third-order valence-electron chi connectivity index (χ3n) is 2.28. The molecule has 0 atom stereocenters. The fraction of sp³-hybridized carbons (Fsp3) is 0.0714. The minimum Gasteiger partial charge on any atom is -0.497 e. The van der Waals surface area contributed by atoms with Crippen molar-refractivity contribution in [1.82, 2.24) is 0 Å². The van der Waals surface area contributed by atoms with E-state index in [1.54, 1.807) is 13.2 Å². The van der Waals surface area contributed by atoms with E-state index in [4.69, 9.17) is 10.00 Å². The highest BCUT2D eigenvalue weighted by Crippen LogP contribution is 2.30. The standard InChI is InChI=1S/C14H10FNOS/c1-17-12-3-2-4-13(8-12)18-14-6-10(9-16)5-11(15)7-14/h2-8H,1H3. The first-order valence-electron chi connectivity index (χ1n) is 5.24. The molecule has 0 N–H and O–H groups in total. The van der Waals surface area contributed by atoms with E-state index in [9.17, 15) is 4.39 Å². The molecule has 90 valence electrons. The summed E-state index contributed by atoms with van der Waals surface area (Å²) < 4.78 is 18.4. The summed E-state index contributed by atoms with van der Waals surface area (Å²) in [7, 11) is 1.60. The van der Waals surface area contributed by atoms with Crippen molar-refractivity contribution in [3.63, 3.8) is 0 Å². The highest BCUT2D eigenvalue weighted by Gasteiger charge is 2.03. The molecule has 0 amide bonds. The molecule has 2 aromatic rings. The molecule has 0 unspecified atom stereocenters. The maximum absolute atomic E-state index is 13.3. The van der Waals surface area contributed by atoms with Crippen LogP contribution in [0.25, 0.3) is 0 Å². The molecule has 0 saturated carbocycles. The van der Waals surface area contributed by atoms with Crippen LogP contribution < -0.4 is 4.74 Å². The van der Waals surface area contributed by atoms with Crippen molar-refractivity contribution in [2.24, 2.45) is 0 Å². The molecule has 0 bridgehead atoms. The monoisotopic (exact) mass is 259 g/mol. The highest BCUT2D eigenvalue weighted by atomic mass is 32.2. The Bertz CT molecular complexity index is 607. The molecule has 0 aliphatic heterocycles. The quantitative estimate of drug-likeness (QED) is 0.839. The van der Waals surface area contributed by atoms with Crippen LogP contribution in [0.2, 0.25) is 0 Å². The van der Waals surface area contributed by atoms with Crippen molar-refractivity contribution in [2.75, 3.05) is 7.11 Å². The van der Waals surface area contributed by atoms with Gasteiger partial charge in [0.2, 0.25) is 0 Å². The Morgan fingerprint density at radius 1 is 1.17 bits per heavy atom. The van der Waals surface area contributed by atoms with Crippen LogP contribution in [0.3, 0.4) is 0 Å². The number of nitrogens with zero attached hydrogens (tertiary/aromatic N) is 1. The molecule has 18 heavy (non-hydrogen) atoms. The fourth-order valence-electron chi connectivity index (χ4n) is 1.49. The second-order valence-electron chi connectivity index (χ2n) is 3.57. The Morgan fingerprint density at radius 3 is 2.72 bits per heavy atom. The number of halogens is 1. The SMILES string of the molecule is COc1cccc(Sc2cc(F)cc(C#N)c2)c1. The minimum absolute atomic E-state index is 0.320. The van der Waals surface area contributed by atoms with Crippen LogP contribution in [0.5, 0.6) is 5.75 Å². The molecule has 0 aromatic heterocycles. The van der Waals surface area contributed by atoms with Gasteiger partial charge in [-0.25, -0.2) is 4.39 Å². The molecule has 2 rings (SSSR count). The summed E-state index contributed by atoms with van der Waals surface area (Å²) in [5.41, 5.74) is 0.320. The van der Waals surface area contributed by atoms with Gasteiger partial charge in [0.1, 0.15) is 11.6 Å². The minimum atomic E-state index is -0.403. The van der Waals surface area contributed by atoms with Crippen LogP contribution in [0.4, 0.5) is 4.39 Å². The molecule has 0 heterocycles. The van der Waals surface area contributed by atoms with Gasteiger partial charge in [0.05, 0.1) is 18.7 Å². The van der Waals surface area contributed by atoms with Crippen LogP contribution in [0.1, 0.15) is 5.56 Å². The summed E-state index contributed by atoms with van der Waals surface area (Å²) >= 11 is 1.39. The van der Waals surface area contributed by atoms with E-state index in [0.29, 0.717) is 10.5 Å². The lowest BCUT2D eigenvalue weighted by molar-refractivity contribution is 0.413. The van der Waals surface area contributed by atoms with E-state index >= 15 is 0 Å². The predicted molar refractivity (Wildman–Crippen MR) is 68.2 cm³/mol. The molecule has 0 spiro atoms. The lowest BCUT2D eigenvalue weighted by atomic mass is 10.2. The summed E-state index contributed by atoms with van der Waals surface area (Å²) in [6.07, 6.45) is 0. The number of hydrogen-bond donors (Lipinski definition) is 0. The van der Waals surface area contributed by atoms with E-state index in [-0.39, 0.29) is 0 Å². The van der Waals surface area contributed by atoms with Gasteiger partial charge in [-0.1, -0.05) is 17.8 Å². The Balaban J connectivity index is 2.28. The molecular weight excluding hydrogens is 249 g/mol. The van der Waals surface area contributed by atoms with Crippen molar-refractivity contribution >= 4 is 11.8 Å². The van der Waals surface area contributed by atoms with Gasteiger partial charge in [-0.3, -0.25) is 0 Å². The number of benzene rings is 2. The van der Waals surface area contributed by atoms with E-state index in [0.717, 1.165) is 10.6 Å². The third kappa shape index (κ3) is 3.02. The van der Waals surface area contributed by atoms with Gasteiger partial charge in [0.25, 0.3) is 0 Å². The molecule has 2 aromatic carbocycles. The number of methoxy groups -OCH3 is 1. The fourth-order valence-corrected chi connectivity index (χ4v) is 2.44. The van der Waals surface area contributed by atoms with E-state index < -0.39 is 5.82 Å². The first-order valence-corrected chi connectivity index (χ1v) is 6.05. The van der Waals surface area contributed by atoms with Crippen molar-refractivity contribution in [3.05, 3.63) is 53.8 Å². The summed E-state index contributed by atoms with van der Waals surface area (Å²) in [6.45, 7) is 0. The smallest absolute Gasteiger partial charge is 0.125 e. The van der Waals surface area contributed by atoms with Gasteiger partial charge in [-0.15, -0.1) is 0 Å². The molecule has 4 heteroatoms. The van der Waals surface area contributed by atoms with Crippen molar-refractivity contribution in [2.45, 2.75) is 9.79 Å². The molecular formula is C14H10FNOS. The van der Waals surface area contributed by atoms with E-state index in [1.165, 1.54) is 23.9 Å². The highest BCUT2D eigenvalue weighted by molar-refractivity contribution is 7.99. The van der Waals surface area contributed by atoms with Gasteiger partial charge in [0.15, 0.2) is 0 Å². The maximum Gasteiger partial charge on any atom is 0.125 e. The van der Waals surface area contributed by atoms with Crippen LogP contribution in [-0.2, 0) is 0 Å². The summed E-state index contributed by atoms with van der Waals surface area (Å²) in [4.78, 5) is 1.63. The van der Waals surface area contributed by atoms with Gasteiger partial charge < -0.3 is 4.74 Å². The van der Waals surface area contributed by atoms with Gasteiger partial charge >= 0.3 is 0 Å². The van der Waals surface area contributed by atoms with Crippen LogP contribution in [0, 0.1) is 17.1 Å². The van der Waals surface area contributed by atoms with Crippen LogP contribution in [-0.4, -0.2) is 7.11 Å². The average molecular weight is 259 g/mol. The number of rotatable bonds is 3. The molecule has 0 aliphatic carbocycles. The van der Waals surface area contributed by atoms with Gasteiger partial charge in [-0.2, -0.15) is 5.26 Å². The second-order valence-corrected chi connectivity index (χ2v) is 4.72. The second kappa shape index (κ2) is 5.56. The number of hydrogen-bond acceptors (Lipinski definition) is 3. The zero-order valence-electron chi connectivity index (χ0n) is 9.68. The normalized spacial score (nSPS) is 9.83. The number of ether oxygens (including phenoxy) is 1. The van der Waals surface area contributed by atoms with Crippen molar-refractivity contribution in [1.29, 1.82) is 5.26 Å².